The number of hydrogen-bond acceptors (Lipinski definition) is 3. The van der Waals surface area contributed by atoms with E-state index in [1.165, 1.54) is 17.1 Å². The van der Waals surface area contributed by atoms with Crippen LogP contribution in [0.2, 0.25) is 0 Å². The van der Waals surface area contributed by atoms with Gasteiger partial charge in [0.25, 0.3) is 5.56 Å². The van der Waals surface area contributed by atoms with Crippen LogP contribution in [0, 0.1) is 0 Å². The summed E-state index contributed by atoms with van der Waals surface area (Å²) in [5.41, 5.74) is -0.591. The number of benzene rings is 1. The minimum Gasteiger partial charge on any atom is -0.297 e. The van der Waals surface area contributed by atoms with E-state index < -0.39 is 17.6 Å². The fourth-order valence-electron chi connectivity index (χ4n) is 3.14. The predicted octanol–water partition coefficient (Wildman–Crippen LogP) is 2.45. The van der Waals surface area contributed by atoms with E-state index in [0.29, 0.717) is 12.8 Å². The van der Waals surface area contributed by atoms with E-state index >= 15 is 0 Å². The average molecular weight is 307 g/mol. The maximum atomic E-state index is 13.4. The molecule has 1 fully saturated rings. The first-order chi connectivity index (χ1) is 10.5. The highest BCUT2D eigenvalue weighted by molar-refractivity contribution is 5.77. The van der Waals surface area contributed by atoms with Gasteiger partial charge in [0.2, 0.25) is 5.82 Å². The molecular weight excluding hydrogens is 295 g/mol. The van der Waals surface area contributed by atoms with Gasteiger partial charge in [-0.05, 0) is 25.0 Å². The Morgan fingerprint density at radius 3 is 2.36 bits per heavy atom. The van der Waals surface area contributed by atoms with E-state index in [4.69, 9.17) is 0 Å². The number of nitrogens with zero attached hydrogens (tertiary/aromatic N) is 3. The van der Waals surface area contributed by atoms with Crippen molar-refractivity contribution in [1.82, 2.24) is 9.66 Å². The van der Waals surface area contributed by atoms with E-state index in [1.54, 1.807) is 12.1 Å². The summed E-state index contributed by atoms with van der Waals surface area (Å²) < 4.78 is 40.8. The average Bonchev–Trinajstić information content (AvgIpc) is 3.20. The van der Waals surface area contributed by atoms with E-state index in [1.807, 2.05) is 12.2 Å². The summed E-state index contributed by atoms with van der Waals surface area (Å²) in [4.78, 5) is 16.3. The summed E-state index contributed by atoms with van der Waals surface area (Å²) in [6.07, 6.45) is 0.507. The zero-order chi connectivity index (χ0) is 15.5. The molecule has 2 aromatic rings. The summed E-state index contributed by atoms with van der Waals surface area (Å²) in [7, 11) is 0. The molecule has 2 unspecified atom stereocenters. The van der Waals surface area contributed by atoms with Crippen molar-refractivity contribution in [3.8, 4) is 0 Å². The van der Waals surface area contributed by atoms with Crippen LogP contribution in [0.25, 0.3) is 10.9 Å². The molecule has 0 bridgehead atoms. The maximum absolute atomic E-state index is 13.4. The molecule has 0 saturated carbocycles. The lowest BCUT2D eigenvalue weighted by molar-refractivity contribution is -0.147. The van der Waals surface area contributed by atoms with Gasteiger partial charge in [-0.25, -0.2) is 4.98 Å². The van der Waals surface area contributed by atoms with Gasteiger partial charge in [-0.3, -0.25) is 9.80 Å². The molecule has 0 radical (unpaired) electrons. The van der Waals surface area contributed by atoms with Gasteiger partial charge in [0.1, 0.15) is 0 Å². The Morgan fingerprint density at radius 1 is 1.09 bits per heavy atom. The van der Waals surface area contributed by atoms with Crippen molar-refractivity contribution in [2.24, 2.45) is 0 Å². The first kappa shape index (κ1) is 13.4. The largest absolute Gasteiger partial charge is 0.451 e. The van der Waals surface area contributed by atoms with Crippen LogP contribution < -0.4 is 10.6 Å². The maximum Gasteiger partial charge on any atom is 0.451 e. The second-order valence-corrected chi connectivity index (χ2v) is 5.52. The van der Waals surface area contributed by atoms with Crippen molar-refractivity contribution in [2.45, 2.75) is 31.1 Å². The number of alkyl halides is 3. The van der Waals surface area contributed by atoms with Crippen molar-refractivity contribution in [2.75, 3.05) is 5.01 Å². The molecule has 114 valence electrons. The van der Waals surface area contributed by atoms with Crippen LogP contribution in [0.4, 0.5) is 13.2 Å². The van der Waals surface area contributed by atoms with Crippen LogP contribution in [0.5, 0.6) is 0 Å². The Hall–Kier alpha value is -2.31. The van der Waals surface area contributed by atoms with Gasteiger partial charge in [0, 0.05) is 0 Å². The minimum absolute atomic E-state index is 0.0493. The number of halogens is 3. The highest BCUT2D eigenvalue weighted by Crippen LogP contribution is 2.38. The zero-order valence-corrected chi connectivity index (χ0v) is 11.4. The van der Waals surface area contributed by atoms with Crippen molar-refractivity contribution >= 4 is 10.9 Å². The summed E-state index contributed by atoms with van der Waals surface area (Å²) in [6, 6.07) is 6.03. The summed E-state index contributed by atoms with van der Waals surface area (Å²) >= 11 is 0. The number of rotatable bonds is 1. The van der Waals surface area contributed by atoms with Crippen LogP contribution in [0.3, 0.4) is 0 Å². The molecule has 2 aliphatic rings. The molecule has 1 aliphatic carbocycles. The van der Waals surface area contributed by atoms with E-state index in [2.05, 4.69) is 4.98 Å². The van der Waals surface area contributed by atoms with Gasteiger partial charge in [0.05, 0.1) is 23.0 Å². The molecular formula is C15H12F3N3O. The third-order valence-corrected chi connectivity index (χ3v) is 4.19. The Balaban J connectivity index is 1.96. The molecule has 2 atom stereocenters. The minimum atomic E-state index is -4.68. The number of fused-ring (bicyclic) bond motifs is 2. The van der Waals surface area contributed by atoms with Crippen LogP contribution in [0.15, 0.2) is 41.2 Å². The van der Waals surface area contributed by atoms with Crippen molar-refractivity contribution in [1.29, 1.82) is 0 Å². The molecule has 4 rings (SSSR count). The number of hydrogen-bond donors (Lipinski definition) is 0. The second kappa shape index (κ2) is 4.34. The summed E-state index contributed by atoms with van der Waals surface area (Å²) in [6.45, 7) is 0. The van der Waals surface area contributed by atoms with Gasteiger partial charge in [-0.2, -0.15) is 17.8 Å². The highest BCUT2D eigenvalue weighted by Gasteiger charge is 2.52. The number of para-hydroxylation sites is 1. The summed E-state index contributed by atoms with van der Waals surface area (Å²) in [5.74, 6) is -1.15. The van der Waals surface area contributed by atoms with Gasteiger partial charge in [0.15, 0.2) is 0 Å². The molecule has 1 aliphatic heterocycles. The van der Waals surface area contributed by atoms with Gasteiger partial charge < -0.3 is 0 Å². The zero-order valence-electron chi connectivity index (χ0n) is 11.4. The van der Waals surface area contributed by atoms with Crippen molar-refractivity contribution < 1.29 is 13.2 Å². The molecule has 0 spiro atoms. The monoisotopic (exact) mass is 307 g/mol. The standard InChI is InChI=1S/C15H12F3N3O/c16-15(17,18)14-19-10-6-2-1-5-9(10)13(22)21(14)20-11-7-3-4-8-12(11)20/h1-6,11-12H,7-8H2. The quantitative estimate of drug-likeness (QED) is 0.600. The SMILES string of the molecule is O=c1c2ccccc2nc(C(F)(F)F)n1N1C2CC=CCC21. The third-order valence-electron chi connectivity index (χ3n) is 4.19. The fraction of sp³-hybridized carbons (Fsp3) is 0.333. The molecule has 4 nitrogen and oxygen atoms in total. The van der Waals surface area contributed by atoms with Gasteiger partial charge in [-0.15, -0.1) is 0 Å². The van der Waals surface area contributed by atoms with Gasteiger partial charge in [-0.1, -0.05) is 24.3 Å². The van der Waals surface area contributed by atoms with Crippen LogP contribution in [-0.4, -0.2) is 21.7 Å². The van der Waals surface area contributed by atoms with E-state index in [9.17, 15) is 18.0 Å². The first-order valence-electron chi connectivity index (χ1n) is 7.01. The van der Waals surface area contributed by atoms with Crippen LogP contribution >= 0.6 is 0 Å². The summed E-state index contributed by atoms with van der Waals surface area (Å²) in [5, 5.41) is 1.71. The molecule has 0 amide bonds. The lowest BCUT2D eigenvalue weighted by Crippen LogP contribution is -2.37. The number of aromatic nitrogens is 2. The molecule has 7 heteroatoms. The Kier molecular flexibility index (Phi) is 2.64. The lowest BCUT2D eigenvalue weighted by Gasteiger charge is -2.17. The molecule has 1 aromatic heterocycles. The van der Waals surface area contributed by atoms with Crippen LogP contribution in [0.1, 0.15) is 18.7 Å². The Labute approximate surface area is 123 Å². The molecule has 22 heavy (non-hydrogen) atoms. The molecule has 2 heterocycles. The third kappa shape index (κ3) is 1.84. The lowest BCUT2D eigenvalue weighted by atomic mass is 10.1. The predicted molar refractivity (Wildman–Crippen MR) is 75.2 cm³/mol. The first-order valence-corrected chi connectivity index (χ1v) is 7.01. The van der Waals surface area contributed by atoms with Gasteiger partial charge >= 0.3 is 6.18 Å². The normalized spacial score (nSPS) is 23.7. The topological polar surface area (TPSA) is 37.9 Å². The molecule has 0 N–H and O–H groups in total. The second-order valence-electron chi connectivity index (χ2n) is 5.52. The van der Waals surface area contributed by atoms with E-state index in [-0.39, 0.29) is 23.0 Å². The fourth-order valence-corrected chi connectivity index (χ4v) is 3.14. The molecule has 1 saturated heterocycles. The van der Waals surface area contributed by atoms with Crippen molar-refractivity contribution in [3.63, 3.8) is 0 Å². The Bertz CT molecular complexity index is 826. The van der Waals surface area contributed by atoms with Crippen LogP contribution in [-0.2, 0) is 6.18 Å². The van der Waals surface area contributed by atoms with Crippen molar-refractivity contribution in [3.05, 3.63) is 52.6 Å². The highest BCUT2D eigenvalue weighted by atomic mass is 19.4. The molecule has 1 aromatic carbocycles. The smallest absolute Gasteiger partial charge is 0.297 e. The van der Waals surface area contributed by atoms with E-state index in [0.717, 1.165) is 4.68 Å². The Morgan fingerprint density at radius 2 is 1.73 bits per heavy atom.